The first-order chi connectivity index (χ1) is 15.2. The number of carbonyl (C=O) groups is 1. The Labute approximate surface area is 185 Å². The van der Waals surface area contributed by atoms with E-state index in [9.17, 15) is 17.7 Å². The first-order valence-electron chi connectivity index (χ1n) is 9.38. The van der Waals surface area contributed by atoms with Crippen molar-refractivity contribution in [1.82, 2.24) is 15.0 Å². The van der Waals surface area contributed by atoms with E-state index >= 15 is 0 Å². The van der Waals surface area contributed by atoms with Crippen molar-refractivity contribution in [3.63, 3.8) is 0 Å². The number of nitrogens with one attached hydrogen (secondary N) is 1. The van der Waals surface area contributed by atoms with Crippen LogP contribution < -0.4 is 15.8 Å². The summed E-state index contributed by atoms with van der Waals surface area (Å²) in [5.74, 6) is 0.495. The van der Waals surface area contributed by atoms with Crippen LogP contribution in [0, 0.1) is 12.8 Å². The Morgan fingerprint density at radius 3 is 2.84 bits per heavy atom. The number of methoxy groups -OCH3 is 1. The second kappa shape index (κ2) is 10.1. The summed E-state index contributed by atoms with van der Waals surface area (Å²) < 4.78 is 45.1. The number of amidine groups is 1. The molecular weight excluding hydrogens is 452 g/mol. The molecule has 1 saturated heterocycles. The van der Waals surface area contributed by atoms with Crippen molar-refractivity contribution in [2.24, 2.45) is 16.6 Å². The zero-order valence-electron chi connectivity index (χ0n) is 17.2. The maximum atomic E-state index is 12.6. The fourth-order valence-corrected chi connectivity index (χ4v) is 4.30. The molecule has 2 atom stereocenters. The number of carbonyl (C=O) groups excluding carboxylic acids is 1. The summed E-state index contributed by atoms with van der Waals surface area (Å²) in [7, 11) is -2.17. The summed E-state index contributed by atoms with van der Waals surface area (Å²) in [6.07, 6.45) is 2.20. The van der Waals surface area contributed by atoms with Crippen LogP contribution in [0.2, 0.25) is 0 Å². The molecule has 0 spiro atoms. The van der Waals surface area contributed by atoms with Crippen LogP contribution in [-0.4, -0.2) is 61.4 Å². The first kappa shape index (κ1) is 23.7. The van der Waals surface area contributed by atoms with Gasteiger partial charge in [-0.05, 0) is 13.3 Å². The number of aromatic nitrogens is 3. The Kier molecular flexibility index (Phi) is 7.50. The fourth-order valence-electron chi connectivity index (χ4n) is 3.34. The van der Waals surface area contributed by atoms with Gasteiger partial charge in [-0.25, -0.2) is 19.9 Å². The van der Waals surface area contributed by atoms with Gasteiger partial charge in [-0.1, -0.05) is 0 Å². The van der Waals surface area contributed by atoms with Crippen LogP contribution in [0.3, 0.4) is 0 Å². The molecule has 2 aromatic rings. The third-order valence-corrected chi connectivity index (χ3v) is 5.82. The second-order valence-electron chi connectivity index (χ2n) is 6.81. The van der Waals surface area contributed by atoms with Gasteiger partial charge in [-0.2, -0.15) is 0 Å². The van der Waals surface area contributed by atoms with Crippen LogP contribution in [0.5, 0.6) is 5.88 Å². The third kappa shape index (κ3) is 5.27. The number of nitrogens with zero attached hydrogens (tertiary/aromatic N) is 4. The topological polar surface area (TPSA) is 134 Å². The van der Waals surface area contributed by atoms with E-state index in [2.05, 4.69) is 25.3 Å². The highest BCUT2D eigenvalue weighted by molar-refractivity contribution is 7.10. The third-order valence-electron chi connectivity index (χ3n) is 4.82. The van der Waals surface area contributed by atoms with E-state index < -0.39 is 19.0 Å². The zero-order valence-corrected chi connectivity index (χ0v) is 18.0. The summed E-state index contributed by atoms with van der Waals surface area (Å²) in [6.45, 7) is 3.20. The number of hydrogen-bond acceptors (Lipinski definition) is 10. The molecule has 2 aliphatic rings. The van der Waals surface area contributed by atoms with E-state index in [0.29, 0.717) is 37.2 Å². The van der Waals surface area contributed by atoms with Gasteiger partial charge in [-0.15, -0.1) is 11.3 Å². The molecule has 10 nitrogen and oxygen atoms in total. The number of fused-ring (bicyclic) bond motifs is 1. The van der Waals surface area contributed by atoms with Gasteiger partial charge in [0.1, 0.15) is 22.1 Å². The summed E-state index contributed by atoms with van der Waals surface area (Å²) in [5, 5.41) is 5.26. The van der Waals surface area contributed by atoms with Gasteiger partial charge >= 0.3 is 7.54 Å². The molecule has 0 aromatic carbocycles. The maximum Gasteiger partial charge on any atom is 0.762 e. The van der Waals surface area contributed by atoms with Crippen LogP contribution >= 0.6 is 11.3 Å². The molecule has 0 bridgehead atoms. The highest BCUT2D eigenvalue weighted by Crippen LogP contribution is 2.43. The Hall–Kier alpha value is -2.94. The normalized spacial score (nSPS) is 21.8. The number of amides is 1. The van der Waals surface area contributed by atoms with E-state index in [0.717, 1.165) is 11.4 Å². The minimum absolute atomic E-state index is 0.123. The van der Waals surface area contributed by atoms with Crippen molar-refractivity contribution in [3.05, 3.63) is 28.0 Å². The molecule has 172 valence electrons. The summed E-state index contributed by atoms with van der Waals surface area (Å²) >= 11 is 1.40. The second-order valence-corrected chi connectivity index (χ2v) is 7.67. The van der Waals surface area contributed by atoms with Gasteiger partial charge in [0, 0.05) is 17.9 Å². The van der Waals surface area contributed by atoms with E-state index in [4.69, 9.17) is 19.9 Å². The summed E-state index contributed by atoms with van der Waals surface area (Å²) in [4.78, 5) is 30.0. The number of halogens is 3. The lowest BCUT2D eigenvalue weighted by Gasteiger charge is -2.41. The van der Waals surface area contributed by atoms with Crippen molar-refractivity contribution < 1.29 is 32.0 Å². The molecule has 4 rings (SSSR count). The predicted octanol–water partition coefficient (Wildman–Crippen LogP) is 1.96. The number of thiazole rings is 1. The van der Waals surface area contributed by atoms with Gasteiger partial charge in [0.05, 0.1) is 32.2 Å². The highest BCUT2D eigenvalue weighted by atomic mass is 32.1. The largest absolute Gasteiger partial charge is 0.762 e. The number of nitrogens with two attached hydrogens (primary N) is 1. The van der Waals surface area contributed by atoms with Crippen LogP contribution in [0.4, 0.5) is 18.8 Å². The molecule has 0 saturated carbocycles. The Balaban J connectivity index is 0.000000668. The van der Waals surface area contributed by atoms with E-state index in [1.54, 1.807) is 12.3 Å². The van der Waals surface area contributed by atoms with Crippen LogP contribution in [0.1, 0.15) is 27.6 Å². The maximum absolute atomic E-state index is 12.6. The molecular formula is C17H20BF3N6O4S. The number of ether oxygens (including phenoxy) is 3. The van der Waals surface area contributed by atoms with Crippen molar-refractivity contribution >= 4 is 36.6 Å². The molecule has 2 aliphatic heterocycles. The molecule has 1 fully saturated rings. The fraction of sp³-hybridized carbons (Fsp3) is 0.471. The first-order valence-corrected chi connectivity index (χ1v) is 10.3. The van der Waals surface area contributed by atoms with E-state index in [-0.39, 0.29) is 17.6 Å². The zero-order chi connectivity index (χ0) is 23.3. The van der Waals surface area contributed by atoms with E-state index in [1.807, 2.05) is 0 Å². The molecule has 2 aromatic heterocycles. The SMILES string of the molecule is COc1cnc(C(=O)Nc2csc(C34COCCC3COC(N)=N4)n2)c(C)n1.FB(F)F. The highest BCUT2D eigenvalue weighted by Gasteiger charge is 2.48. The van der Waals surface area contributed by atoms with Crippen LogP contribution in [0.15, 0.2) is 16.6 Å². The molecule has 4 heterocycles. The molecule has 0 aliphatic carbocycles. The molecule has 15 heteroatoms. The average molecular weight is 472 g/mol. The van der Waals surface area contributed by atoms with Gasteiger partial charge in [0.15, 0.2) is 0 Å². The average Bonchev–Trinajstić information content (AvgIpc) is 3.22. The van der Waals surface area contributed by atoms with Gasteiger partial charge in [0.2, 0.25) is 5.88 Å². The molecule has 32 heavy (non-hydrogen) atoms. The predicted molar refractivity (Wildman–Crippen MR) is 111 cm³/mol. The summed E-state index contributed by atoms with van der Waals surface area (Å²) in [5.41, 5.74) is 5.82. The minimum atomic E-state index is -3.67. The minimum Gasteiger partial charge on any atom is -0.480 e. The Bertz CT molecular complexity index is 994. The van der Waals surface area contributed by atoms with Crippen molar-refractivity contribution in [2.75, 3.05) is 32.2 Å². The molecule has 1 amide bonds. The summed E-state index contributed by atoms with van der Waals surface area (Å²) in [6, 6.07) is 0.131. The van der Waals surface area contributed by atoms with Crippen molar-refractivity contribution in [1.29, 1.82) is 0 Å². The van der Waals surface area contributed by atoms with E-state index in [1.165, 1.54) is 24.6 Å². The lowest BCUT2D eigenvalue weighted by Crippen LogP contribution is -2.49. The molecule has 3 N–H and O–H groups in total. The number of anilines is 1. The van der Waals surface area contributed by atoms with Gasteiger partial charge < -0.3 is 25.3 Å². The lowest BCUT2D eigenvalue weighted by molar-refractivity contribution is -0.0319. The van der Waals surface area contributed by atoms with Crippen molar-refractivity contribution in [2.45, 2.75) is 18.9 Å². The molecule has 2 unspecified atom stereocenters. The smallest absolute Gasteiger partial charge is 0.480 e. The number of aliphatic imine (C=N–C) groups is 1. The Morgan fingerprint density at radius 1 is 1.41 bits per heavy atom. The number of hydrogen-bond donors (Lipinski definition) is 2. The lowest BCUT2D eigenvalue weighted by atomic mass is 9.81. The molecule has 0 radical (unpaired) electrons. The number of aryl methyl sites for hydroxylation is 1. The standard InChI is InChI=1S/C17H20N6O4S.BF3/c1-9-13(19-5-12(20-9)25-2)14(24)21-11-7-28-15(22-11)17-8-26-4-3-10(17)6-27-16(18)23-17;2-1(3)4/h5,7,10H,3-4,6,8H2,1-2H3,(H2,18,23)(H,21,24);. The van der Waals surface area contributed by atoms with Gasteiger partial charge in [-0.3, -0.25) is 17.7 Å². The quantitative estimate of drug-likeness (QED) is 0.646. The van der Waals surface area contributed by atoms with Gasteiger partial charge in [0.25, 0.3) is 11.9 Å². The monoisotopic (exact) mass is 472 g/mol. The van der Waals surface area contributed by atoms with Crippen LogP contribution in [-0.2, 0) is 15.0 Å². The number of rotatable bonds is 4. The Morgan fingerprint density at radius 2 is 2.16 bits per heavy atom. The van der Waals surface area contributed by atoms with Crippen molar-refractivity contribution in [3.8, 4) is 5.88 Å². The van der Waals surface area contributed by atoms with Crippen LogP contribution in [0.25, 0.3) is 0 Å².